The number of hydrogen-bond acceptors (Lipinski definition) is 2. The Labute approximate surface area is 351 Å². The normalized spacial score (nSPS) is 13.5. The maximum absolute atomic E-state index is 5.80. The van der Waals surface area contributed by atoms with Crippen LogP contribution in [0.15, 0.2) is 182 Å². The van der Waals surface area contributed by atoms with Crippen molar-refractivity contribution in [1.29, 1.82) is 0 Å². The summed E-state index contributed by atoms with van der Waals surface area (Å²) in [4.78, 5) is 11.4. The van der Waals surface area contributed by atoms with Crippen molar-refractivity contribution >= 4 is 65.4 Å². The second-order valence-corrected chi connectivity index (χ2v) is 17.3. The molecular formula is C57H36N4. The zero-order chi connectivity index (χ0) is 40.1. The van der Waals surface area contributed by atoms with E-state index in [9.17, 15) is 0 Å². The molecule has 0 radical (unpaired) electrons. The molecule has 0 unspecified atom stereocenters. The molecule has 4 heterocycles. The Balaban J connectivity index is 1.17. The predicted octanol–water partition coefficient (Wildman–Crippen LogP) is 14.6. The van der Waals surface area contributed by atoms with E-state index in [0.717, 1.165) is 49.9 Å². The highest BCUT2D eigenvalue weighted by atomic mass is 15.1. The number of benzene rings is 9. The van der Waals surface area contributed by atoms with Crippen LogP contribution in [0.2, 0.25) is 0 Å². The van der Waals surface area contributed by atoms with Crippen LogP contribution < -0.4 is 0 Å². The molecule has 2 aliphatic rings. The van der Waals surface area contributed by atoms with Gasteiger partial charge in [0.05, 0.1) is 38.8 Å². The van der Waals surface area contributed by atoms with Gasteiger partial charge in [-0.05, 0) is 75.2 Å². The Kier molecular flexibility index (Phi) is 6.33. The second-order valence-electron chi connectivity index (χ2n) is 17.3. The van der Waals surface area contributed by atoms with Crippen molar-refractivity contribution in [2.75, 3.05) is 0 Å². The lowest BCUT2D eigenvalue weighted by Gasteiger charge is -2.22. The topological polar surface area (TPSA) is 35.6 Å². The molecule has 0 N–H and O–H groups in total. The summed E-state index contributed by atoms with van der Waals surface area (Å²) in [5.41, 5.74) is 19.5. The molecular weight excluding hydrogens is 741 g/mol. The zero-order valence-electron chi connectivity index (χ0n) is 33.6. The Hall–Kier alpha value is -7.82. The van der Waals surface area contributed by atoms with Crippen LogP contribution in [0.3, 0.4) is 0 Å². The average Bonchev–Trinajstić information content (AvgIpc) is 3.86. The van der Waals surface area contributed by atoms with Crippen LogP contribution in [0.5, 0.6) is 0 Å². The fourth-order valence-corrected chi connectivity index (χ4v) is 11.1. The lowest BCUT2D eigenvalue weighted by molar-refractivity contribution is 0.660. The van der Waals surface area contributed by atoms with Gasteiger partial charge in [0.15, 0.2) is 5.82 Å². The van der Waals surface area contributed by atoms with E-state index in [1.54, 1.807) is 0 Å². The van der Waals surface area contributed by atoms with Gasteiger partial charge in [-0.3, -0.25) is 4.57 Å². The first-order chi connectivity index (χ1) is 30.0. The second kappa shape index (κ2) is 11.7. The van der Waals surface area contributed by atoms with Crippen LogP contribution >= 0.6 is 0 Å². The monoisotopic (exact) mass is 776 g/mol. The molecule has 1 aliphatic heterocycles. The van der Waals surface area contributed by atoms with E-state index < -0.39 is 0 Å². The van der Waals surface area contributed by atoms with Crippen LogP contribution in [0.1, 0.15) is 25.0 Å². The van der Waals surface area contributed by atoms with Gasteiger partial charge in [-0.1, -0.05) is 159 Å². The van der Waals surface area contributed by atoms with Crippen molar-refractivity contribution in [3.05, 3.63) is 193 Å². The predicted molar refractivity (Wildman–Crippen MR) is 253 cm³/mol. The first-order valence-electron chi connectivity index (χ1n) is 21.2. The van der Waals surface area contributed by atoms with Crippen LogP contribution in [0.4, 0.5) is 0 Å². The first kappa shape index (κ1) is 33.1. The molecule has 0 amide bonds. The van der Waals surface area contributed by atoms with E-state index in [0.29, 0.717) is 0 Å². The third kappa shape index (κ3) is 4.23. The highest BCUT2D eigenvalue weighted by Gasteiger charge is 2.36. The Morgan fingerprint density at radius 1 is 0.443 bits per heavy atom. The third-order valence-electron chi connectivity index (χ3n) is 13.8. The van der Waals surface area contributed by atoms with Crippen molar-refractivity contribution in [3.63, 3.8) is 0 Å². The smallest absolute Gasteiger partial charge is 0.165 e. The van der Waals surface area contributed by atoms with Crippen molar-refractivity contribution in [2.24, 2.45) is 0 Å². The van der Waals surface area contributed by atoms with E-state index in [1.165, 1.54) is 82.8 Å². The van der Waals surface area contributed by atoms with E-state index in [1.807, 2.05) is 0 Å². The standard InChI is InChI=1S/C57H36N4/c1-57(2)44-23-11-7-18-37(44)38-29-27-34(31-45(38)57)53-56(59-54-35-16-4-3-15-33(35)28-30-46(54)58-53)61-49-26-14-10-22-42(49)51-50(61)32-43-40-20-9-13-25-48(40)60-47-24-12-8-19-39(47)36-17-5-6-21-41(36)52(51)55(43)60/h3-32H,1-2H3. The summed E-state index contributed by atoms with van der Waals surface area (Å²) in [5, 5.41) is 7.07. The van der Waals surface area contributed by atoms with Gasteiger partial charge in [-0.25, -0.2) is 9.97 Å². The molecule has 4 heteroatoms. The molecule has 9 aromatic carbocycles. The summed E-state index contributed by atoms with van der Waals surface area (Å²) in [7, 11) is 0. The molecule has 1 aliphatic carbocycles. The Morgan fingerprint density at radius 2 is 1.10 bits per heavy atom. The van der Waals surface area contributed by atoms with Crippen molar-refractivity contribution in [3.8, 4) is 56.1 Å². The van der Waals surface area contributed by atoms with Crippen LogP contribution in [0, 0.1) is 0 Å². The number of aromatic nitrogens is 4. The van der Waals surface area contributed by atoms with E-state index in [-0.39, 0.29) is 5.41 Å². The molecule has 0 fully saturated rings. The van der Waals surface area contributed by atoms with Crippen LogP contribution in [-0.4, -0.2) is 19.1 Å². The van der Waals surface area contributed by atoms with Crippen molar-refractivity contribution < 1.29 is 0 Å². The molecule has 0 saturated heterocycles. The largest absolute Gasteiger partial charge is 0.308 e. The van der Waals surface area contributed by atoms with E-state index >= 15 is 0 Å². The molecule has 3 aromatic heterocycles. The molecule has 14 rings (SSSR count). The summed E-state index contributed by atoms with van der Waals surface area (Å²) in [5.74, 6) is 0.823. The van der Waals surface area contributed by atoms with Gasteiger partial charge in [0, 0.05) is 49.0 Å². The minimum Gasteiger partial charge on any atom is -0.308 e. The third-order valence-corrected chi connectivity index (χ3v) is 13.8. The fraction of sp³-hybridized carbons (Fsp3) is 0.0526. The van der Waals surface area contributed by atoms with Gasteiger partial charge in [0.25, 0.3) is 0 Å². The highest BCUT2D eigenvalue weighted by molar-refractivity contribution is 6.28. The Morgan fingerprint density at radius 3 is 1.95 bits per heavy atom. The number of fused-ring (bicyclic) bond motifs is 18. The summed E-state index contributed by atoms with van der Waals surface area (Å²) < 4.78 is 4.93. The molecule has 284 valence electrons. The molecule has 4 nitrogen and oxygen atoms in total. The summed E-state index contributed by atoms with van der Waals surface area (Å²) in [6.45, 7) is 4.69. The minimum atomic E-state index is -0.165. The van der Waals surface area contributed by atoms with Gasteiger partial charge in [0.1, 0.15) is 5.69 Å². The van der Waals surface area contributed by atoms with Crippen molar-refractivity contribution in [2.45, 2.75) is 19.3 Å². The number of para-hydroxylation sites is 3. The minimum absolute atomic E-state index is 0.165. The summed E-state index contributed by atoms with van der Waals surface area (Å²) in [6.07, 6.45) is 0. The quantitative estimate of drug-likeness (QED) is 0.164. The molecule has 0 spiro atoms. The van der Waals surface area contributed by atoms with E-state index in [4.69, 9.17) is 9.97 Å². The molecule has 0 saturated carbocycles. The molecule has 12 aromatic rings. The van der Waals surface area contributed by atoms with Gasteiger partial charge >= 0.3 is 0 Å². The lowest BCUT2D eigenvalue weighted by atomic mass is 9.82. The number of rotatable bonds is 2. The highest BCUT2D eigenvalue weighted by Crippen LogP contribution is 2.53. The lowest BCUT2D eigenvalue weighted by Crippen LogP contribution is -2.15. The maximum atomic E-state index is 5.80. The maximum Gasteiger partial charge on any atom is 0.165 e. The van der Waals surface area contributed by atoms with Crippen LogP contribution in [-0.2, 0) is 5.41 Å². The molecule has 0 bridgehead atoms. The zero-order valence-corrected chi connectivity index (χ0v) is 33.6. The summed E-state index contributed by atoms with van der Waals surface area (Å²) in [6, 6.07) is 66.7. The first-order valence-corrected chi connectivity index (χ1v) is 21.2. The summed E-state index contributed by atoms with van der Waals surface area (Å²) >= 11 is 0. The van der Waals surface area contributed by atoms with E-state index in [2.05, 4.69) is 205 Å². The molecule has 61 heavy (non-hydrogen) atoms. The van der Waals surface area contributed by atoms with Gasteiger partial charge in [-0.2, -0.15) is 0 Å². The number of nitrogens with zero attached hydrogens (tertiary/aromatic N) is 4. The van der Waals surface area contributed by atoms with Gasteiger partial charge in [0.2, 0.25) is 0 Å². The Bertz CT molecular complexity index is 3920. The van der Waals surface area contributed by atoms with Gasteiger partial charge < -0.3 is 4.57 Å². The molecule has 0 atom stereocenters. The van der Waals surface area contributed by atoms with Gasteiger partial charge in [-0.15, -0.1) is 0 Å². The SMILES string of the molecule is CC1(C)c2ccccc2-c2ccc(-c3nc4ccc5ccccc5c4nc3-n3c4ccccc4c4c5c6c(cc43)c3ccccc3n6-c3ccccc3-c3ccccc3-5)cc21. The average molecular weight is 777 g/mol. The number of hydrogen-bond donors (Lipinski definition) is 0. The van der Waals surface area contributed by atoms with Crippen LogP contribution in [0.25, 0.3) is 122 Å². The fourth-order valence-electron chi connectivity index (χ4n) is 11.1. The van der Waals surface area contributed by atoms with Crippen molar-refractivity contribution in [1.82, 2.24) is 19.1 Å².